The Morgan fingerprint density at radius 3 is 2.44 bits per heavy atom. The standard InChI is InChI=1S/C13H12N2O/c1-9-3-4-13(11(5-9)8-16)12-6-14-10(2)15-7-12/h3-8H,1-2H3. The summed E-state index contributed by atoms with van der Waals surface area (Å²) in [6, 6.07) is 5.76. The minimum absolute atomic E-state index is 0.674. The molecule has 1 aromatic heterocycles. The van der Waals surface area contributed by atoms with Crippen LogP contribution in [0, 0.1) is 13.8 Å². The highest BCUT2D eigenvalue weighted by atomic mass is 16.1. The molecule has 16 heavy (non-hydrogen) atoms. The molecule has 0 atom stereocenters. The van der Waals surface area contributed by atoms with Crippen LogP contribution in [0.4, 0.5) is 0 Å². The molecular weight excluding hydrogens is 200 g/mol. The van der Waals surface area contributed by atoms with Gasteiger partial charge in [-0.15, -0.1) is 0 Å². The highest BCUT2D eigenvalue weighted by Gasteiger charge is 2.05. The Hall–Kier alpha value is -2.03. The number of aromatic nitrogens is 2. The lowest BCUT2D eigenvalue weighted by molar-refractivity contribution is 0.112. The van der Waals surface area contributed by atoms with Crippen LogP contribution in [0.2, 0.25) is 0 Å². The molecule has 0 saturated heterocycles. The van der Waals surface area contributed by atoms with Crippen LogP contribution in [0.1, 0.15) is 21.7 Å². The molecule has 2 aromatic rings. The Bertz CT molecular complexity index is 518. The fraction of sp³-hybridized carbons (Fsp3) is 0.154. The van der Waals surface area contributed by atoms with Gasteiger partial charge in [0.05, 0.1) is 0 Å². The van der Waals surface area contributed by atoms with Gasteiger partial charge in [-0.05, 0) is 25.5 Å². The van der Waals surface area contributed by atoms with Crippen molar-refractivity contribution in [3.63, 3.8) is 0 Å². The van der Waals surface area contributed by atoms with Crippen LogP contribution in [0.25, 0.3) is 11.1 Å². The molecule has 2 rings (SSSR count). The van der Waals surface area contributed by atoms with Crippen molar-refractivity contribution in [2.45, 2.75) is 13.8 Å². The molecule has 0 N–H and O–H groups in total. The van der Waals surface area contributed by atoms with E-state index in [-0.39, 0.29) is 0 Å². The fourth-order valence-electron chi connectivity index (χ4n) is 1.57. The molecule has 3 nitrogen and oxygen atoms in total. The number of nitrogens with zero attached hydrogens (tertiary/aromatic N) is 2. The summed E-state index contributed by atoms with van der Waals surface area (Å²) >= 11 is 0. The van der Waals surface area contributed by atoms with E-state index < -0.39 is 0 Å². The van der Waals surface area contributed by atoms with Crippen molar-refractivity contribution in [1.82, 2.24) is 9.97 Å². The van der Waals surface area contributed by atoms with Crippen LogP contribution in [0.5, 0.6) is 0 Å². The Balaban J connectivity index is 2.55. The number of benzene rings is 1. The molecule has 0 aliphatic heterocycles. The smallest absolute Gasteiger partial charge is 0.150 e. The number of aldehydes is 1. The average Bonchev–Trinajstić information content (AvgIpc) is 2.30. The second-order valence-corrected chi connectivity index (χ2v) is 3.73. The lowest BCUT2D eigenvalue weighted by Crippen LogP contribution is -1.92. The van der Waals surface area contributed by atoms with Gasteiger partial charge in [-0.1, -0.05) is 17.7 Å². The lowest BCUT2D eigenvalue weighted by atomic mass is 10.0. The largest absolute Gasteiger partial charge is 0.298 e. The molecule has 1 aromatic carbocycles. The summed E-state index contributed by atoms with van der Waals surface area (Å²) in [4.78, 5) is 19.2. The highest BCUT2D eigenvalue weighted by Crippen LogP contribution is 2.22. The Kier molecular flexibility index (Phi) is 2.77. The first-order chi connectivity index (χ1) is 7.70. The summed E-state index contributed by atoms with van der Waals surface area (Å²) in [5.74, 6) is 0.725. The minimum atomic E-state index is 0.674. The Morgan fingerprint density at radius 1 is 1.12 bits per heavy atom. The van der Waals surface area contributed by atoms with E-state index in [4.69, 9.17) is 0 Å². The third kappa shape index (κ3) is 1.98. The second-order valence-electron chi connectivity index (χ2n) is 3.73. The first kappa shape index (κ1) is 10.5. The van der Waals surface area contributed by atoms with Gasteiger partial charge >= 0.3 is 0 Å². The van der Waals surface area contributed by atoms with Crippen molar-refractivity contribution < 1.29 is 4.79 Å². The van der Waals surface area contributed by atoms with Crippen LogP contribution in [0.15, 0.2) is 30.6 Å². The quantitative estimate of drug-likeness (QED) is 0.718. The van der Waals surface area contributed by atoms with E-state index >= 15 is 0 Å². The third-order valence-corrected chi connectivity index (χ3v) is 2.43. The summed E-state index contributed by atoms with van der Waals surface area (Å²) in [6.45, 7) is 3.79. The summed E-state index contributed by atoms with van der Waals surface area (Å²) in [5, 5.41) is 0. The number of aryl methyl sites for hydroxylation is 2. The van der Waals surface area contributed by atoms with Crippen molar-refractivity contribution in [2.24, 2.45) is 0 Å². The van der Waals surface area contributed by atoms with Gasteiger partial charge in [0.1, 0.15) is 5.82 Å². The SMILES string of the molecule is Cc1ccc(-c2cnc(C)nc2)c(C=O)c1. The van der Waals surface area contributed by atoms with Gasteiger partial charge in [0.15, 0.2) is 6.29 Å². The average molecular weight is 212 g/mol. The van der Waals surface area contributed by atoms with Crippen molar-refractivity contribution in [3.8, 4) is 11.1 Å². The summed E-state index contributed by atoms with van der Waals surface area (Å²) in [6.07, 6.45) is 4.34. The van der Waals surface area contributed by atoms with Gasteiger partial charge < -0.3 is 0 Å². The molecule has 0 radical (unpaired) electrons. The Labute approximate surface area is 94.2 Å². The van der Waals surface area contributed by atoms with Crippen LogP contribution in [0.3, 0.4) is 0 Å². The van der Waals surface area contributed by atoms with E-state index in [1.165, 1.54) is 0 Å². The second kappa shape index (κ2) is 4.23. The van der Waals surface area contributed by atoms with Crippen molar-refractivity contribution >= 4 is 6.29 Å². The van der Waals surface area contributed by atoms with E-state index in [2.05, 4.69) is 9.97 Å². The maximum Gasteiger partial charge on any atom is 0.150 e. The van der Waals surface area contributed by atoms with Crippen LogP contribution < -0.4 is 0 Å². The van der Waals surface area contributed by atoms with Gasteiger partial charge in [-0.25, -0.2) is 9.97 Å². The van der Waals surface area contributed by atoms with Gasteiger partial charge in [-0.2, -0.15) is 0 Å². The first-order valence-corrected chi connectivity index (χ1v) is 5.05. The van der Waals surface area contributed by atoms with Gasteiger partial charge in [0.25, 0.3) is 0 Å². The lowest BCUT2D eigenvalue weighted by Gasteiger charge is -2.05. The minimum Gasteiger partial charge on any atom is -0.298 e. The summed E-state index contributed by atoms with van der Waals surface area (Å²) < 4.78 is 0. The van der Waals surface area contributed by atoms with E-state index in [0.717, 1.165) is 28.8 Å². The molecule has 3 heteroatoms. The normalized spacial score (nSPS) is 10.1. The molecule has 0 spiro atoms. The molecule has 0 aliphatic rings. The maximum atomic E-state index is 11.0. The fourth-order valence-corrected chi connectivity index (χ4v) is 1.57. The van der Waals surface area contributed by atoms with E-state index in [1.807, 2.05) is 32.0 Å². The van der Waals surface area contributed by atoms with E-state index in [0.29, 0.717) is 5.56 Å². The maximum absolute atomic E-state index is 11.0. The molecule has 0 amide bonds. The van der Waals surface area contributed by atoms with Crippen LogP contribution in [-0.2, 0) is 0 Å². The molecule has 0 bridgehead atoms. The van der Waals surface area contributed by atoms with Crippen molar-refractivity contribution in [3.05, 3.63) is 47.5 Å². The number of carbonyl (C=O) groups is 1. The van der Waals surface area contributed by atoms with Crippen LogP contribution in [-0.4, -0.2) is 16.3 Å². The number of hydrogen-bond donors (Lipinski definition) is 0. The van der Waals surface area contributed by atoms with Crippen molar-refractivity contribution in [1.29, 1.82) is 0 Å². The molecule has 0 unspecified atom stereocenters. The molecule has 0 fully saturated rings. The number of hydrogen-bond acceptors (Lipinski definition) is 3. The van der Waals surface area contributed by atoms with E-state index in [9.17, 15) is 4.79 Å². The zero-order chi connectivity index (χ0) is 11.5. The zero-order valence-corrected chi connectivity index (χ0v) is 9.27. The van der Waals surface area contributed by atoms with Gasteiger partial charge in [0.2, 0.25) is 0 Å². The monoisotopic (exact) mass is 212 g/mol. The molecule has 0 aliphatic carbocycles. The number of rotatable bonds is 2. The zero-order valence-electron chi connectivity index (χ0n) is 9.27. The summed E-state index contributed by atoms with van der Waals surface area (Å²) in [7, 11) is 0. The molecule has 0 saturated carbocycles. The molecule has 1 heterocycles. The molecule has 80 valence electrons. The predicted molar refractivity (Wildman–Crippen MR) is 62.3 cm³/mol. The predicted octanol–water partition coefficient (Wildman–Crippen LogP) is 2.57. The molecular formula is C13H12N2O. The summed E-state index contributed by atoms with van der Waals surface area (Å²) in [5.41, 5.74) is 3.49. The first-order valence-electron chi connectivity index (χ1n) is 5.05. The van der Waals surface area contributed by atoms with Gasteiger partial charge in [-0.3, -0.25) is 4.79 Å². The number of carbonyl (C=O) groups excluding carboxylic acids is 1. The van der Waals surface area contributed by atoms with E-state index in [1.54, 1.807) is 12.4 Å². The Morgan fingerprint density at radius 2 is 1.81 bits per heavy atom. The highest BCUT2D eigenvalue weighted by molar-refractivity contribution is 5.87. The van der Waals surface area contributed by atoms with Crippen LogP contribution >= 0.6 is 0 Å². The topological polar surface area (TPSA) is 42.9 Å². The van der Waals surface area contributed by atoms with Crippen molar-refractivity contribution in [2.75, 3.05) is 0 Å². The van der Waals surface area contributed by atoms with Gasteiger partial charge in [0, 0.05) is 23.5 Å². The third-order valence-electron chi connectivity index (χ3n) is 2.43.